The van der Waals surface area contributed by atoms with E-state index in [0.717, 1.165) is 12.8 Å². The molecule has 1 rings (SSSR count). The van der Waals surface area contributed by atoms with Crippen LogP contribution < -0.4 is 5.73 Å². The van der Waals surface area contributed by atoms with Crippen molar-refractivity contribution in [2.75, 3.05) is 6.54 Å². The number of nitrogens with zero attached hydrogens (tertiary/aromatic N) is 1. The first kappa shape index (κ1) is 15.7. The van der Waals surface area contributed by atoms with E-state index in [1.165, 1.54) is 11.1 Å². The molecule has 1 amide bonds. The molecule has 106 valence electrons. The highest BCUT2D eigenvalue weighted by Crippen LogP contribution is 2.14. The number of amides is 1. The molecule has 2 atom stereocenters. The highest BCUT2D eigenvalue weighted by Gasteiger charge is 2.23. The van der Waals surface area contributed by atoms with E-state index in [4.69, 9.17) is 5.73 Å². The van der Waals surface area contributed by atoms with Gasteiger partial charge in [-0.3, -0.25) is 4.79 Å². The molecule has 0 aliphatic carbocycles. The molecule has 1 unspecified atom stereocenters. The predicted octanol–water partition coefficient (Wildman–Crippen LogP) is 2.51. The lowest BCUT2D eigenvalue weighted by molar-refractivity contribution is -0.134. The van der Waals surface area contributed by atoms with Crippen LogP contribution in [0.1, 0.15) is 38.3 Å². The monoisotopic (exact) mass is 262 g/mol. The van der Waals surface area contributed by atoms with E-state index in [-0.39, 0.29) is 11.9 Å². The minimum absolute atomic E-state index is 0.0430. The first-order valence-corrected chi connectivity index (χ1v) is 7.11. The van der Waals surface area contributed by atoms with Gasteiger partial charge in [0.25, 0.3) is 0 Å². The largest absolute Gasteiger partial charge is 0.338 e. The molecule has 3 heteroatoms. The van der Waals surface area contributed by atoms with Crippen molar-refractivity contribution in [2.24, 2.45) is 5.73 Å². The minimum atomic E-state index is -0.424. The first-order valence-electron chi connectivity index (χ1n) is 7.11. The maximum Gasteiger partial charge on any atom is 0.239 e. The maximum absolute atomic E-state index is 12.1. The molecule has 0 fully saturated rings. The normalized spacial score (nSPS) is 13.9. The van der Waals surface area contributed by atoms with Crippen LogP contribution >= 0.6 is 0 Å². The van der Waals surface area contributed by atoms with Gasteiger partial charge in [0.15, 0.2) is 0 Å². The quantitative estimate of drug-likeness (QED) is 0.856. The van der Waals surface area contributed by atoms with Crippen molar-refractivity contribution in [3.05, 3.63) is 35.4 Å². The lowest BCUT2D eigenvalue weighted by Gasteiger charge is -2.31. The topological polar surface area (TPSA) is 46.3 Å². The third-order valence-corrected chi connectivity index (χ3v) is 3.52. The van der Waals surface area contributed by atoms with Gasteiger partial charge in [0, 0.05) is 12.6 Å². The fourth-order valence-corrected chi connectivity index (χ4v) is 2.33. The van der Waals surface area contributed by atoms with Gasteiger partial charge in [-0.1, -0.05) is 36.8 Å². The van der Waals surface area contributed by atoms with Gasteiger partial charge in [-0.15, -0.1) is 0 Å². The average molecular weight is 262 g/mol. The number of benzene rings is 1. The van der Waals surface area contributed by atoms with Crippen LogP contribution in [0.2, 0.25) is 0 Å². The van der Waals surface area contributed by atoms with E-state index in [1.807, 2.05) is 11.8 Å². The molecule has 0 radical (unpaired) electrons. The van der Waals surface area contributed by atoms with Crippen molar-refractivity contribution in [3.8, 4) is 0 Å². The maximum atomic E-state index is 12.1. The molecule has 0 aromatic heterocycles. The second kappa shape index (κ2) is 7.29. The van der Waals surface area contributed by atoms with Crippen molar-refractivity contribution in [3.63, 3.8) is 0 Å². The zero-order valence-corrected chi connectivity index (χ0v) is 12.5. The summed E-state index contributed by atoms with van der Waals surface area (Å²) in [5, 5.41) is 0. The Hall–Kier alpha value is -1.35. The van der Waals surface area contributed by atoms with E-state index in [2.05, 4.69) is 38.1 Å². The molecular formula is C16H26N2O. The molecule has 0 heterocycles. The lowest BCUT2D eigenvalue weighted by Crippen LogP contribution is -2.48. The van der Waals surface area contributed by atoms with Crippen LogP contribution in [0.3, 0.4) is 0 Å². The van der Waals surface area contributed by atoms with Crippen molar-refractivity contribution in [1.29, 1.82) is 0 Å². The zero-order valence-electron chi connectivity index (χ0n) is 12.5. The number of likely N-dealkylation sites (N-methyl/N-ethyl adjacent to an activating group) is 1. The predicted molar refractivity (Wildman–Crippen MR) is 80.0 cm³/mol. The van der Waals surface area contributed by atoms with Gasteiger partial charge in [0.05, 0.1) is 6.04 Å². The van der Waals surface area contributed by atoms with Crippen molar-refractivity contribution in [2.45, 2.75) is 52.6 Å². The SMILES string of the molecule is CCC(Cc1ccc(C)cc1)N(CC)C(=O)[C@H](C)N. The molecule has 3 nitrogen and oxygen atoms in total. The van der Waals surface area contributed by atoms with Gasteiger partial charge in [-0.25, -0.2) is 0 Å². The summed E-state index contributed by atoms with van der Waals surface area (Å²) in [6, 6.07) is 8.32. The van der Waals surface area contributed by atoms with Crippen LogP contribution in [0.5, 0.6) is 0 Å². The van der Waals surface area contributed by atoms with Crippen LogP contribution in [0.4, 0.5) is 0 Å². The number of nitrogens with two attached hydrogens (primary N) is 1. The number of carbonyl (C=O) groups is 1. The first-order chi connectivity index (χ1) is 8.99. The Morgan fingerprint density at radius 2 is 1.84 bits per heavy atom. The summed E-state index contributed by atoms with van der Waals surface area (Å²) < 4.78 is 0. The van der Waals surface area contributed by atoms with Crippen LogP contribution in [0.25, 0.3) is 0 Å². The molecule has 0 spiro atoms. The summed E-state index contributed by atoms with van der Waals surface area (Å²) in [6.07, 6.45) is 1.84. The van der Waals surface area contributed by atoms with Gasteiger partial charge < -0.3 is 10.6 Å². The van der Waals surface area contributed by atoms with Gasteiger partial charge in [-0.05, 0) is 39.2 Å². The Kier molecular flexibility index (Phi) is 6.03. The lowest BCUT2D eigenvalue weighted by atomic mass is 10.0. The fraction of sp³-hybridized carbons (Fsp3) is 0.562. The molecule has 0 aliphatic heterocycles. The van der Waals surface area contributed by atoms with Crippen LogP contribution in [0, 0.1) is 6.92 Å². The smallest absolute Gasteiger partial charge is 0.239 e. The van der Waals surface area contributed by atoms with Gasteiger partial charge in [-0.2, -0.15) is 0 Å². The van der Waals surface area contributed by atoms with Crippen molar-refractivity contribution in [1.82, 2.24) is 4.90 Å². The van der Waals surface area contributed by atoms with E-state index < -0.39 is 6.04 Å². The zero-order chi connectivity index (χ0) is 14.4. The summed E-state index contributed by atoms with van der Waals surface area (Å²) >= 11 is 0. The Balaban J connectivity index is 2.81. The Morgan fingerprint density at radius 1 is 1.26 bits per heavy atom. The third-order valence-electron chi connectivity index (χ3n) is 3.52. The van der Waals surface area contributed by atoms with Crippen molar-refractivity contribution >= 4 is 5.91 Å². The van der Waals surface area contributed by atoms with Gasteiger partial charge in [0.1, 0.15) is 0 Å². The number of hydrogen-bond donors (Lipinski definition) is 1. The summed E-state index contributed by atoms with van der Waals surface area (Å²) in [7, 11) is 0. The number of rotatable bonds is 6. The van der Waals surface area contributed by atoms with E-state index in [1.54, 1.807) is 6.92 Å². The standard InChI is InChI=1S/C16H26N2O/c1-5-15(18(6-2)16(19)13(4)17)11-14-9-7-12(3)8-10-14/h7-10,13,15H,5-6,11,17H2,1-4H3/t13-,15?/m0/s1. The second-order valence-electron chi connectivity index (χ2n) is 5.16. The third kappa shape index (κ3) is 4.35. The molecule has 19 heavy (non-hydrogen) atoms. The highest BCUT2D eigenvalue weighted by atomic mass is 16.2. The summed E-state index contributed by atoms with van der Waals surface area (Å²) in [5.41, 5.74) is 8.26. The molecular weight excluding hydrogens is 236 g/mol. The number of hydrogen-bond acceptors (Lipinski definition) is 2. The summed E-state index contributed by atoms with van der Waals surface area (Å²) in [5.74, 6) is 0.0430. The highest BCUT2D eigenvalue weighted by molar-refractivity contribution is 5.81. The molecule has 1 aromatic rings. The Bertz CT molecular complexity index is 398. The van der Waals surface area contributed by atoms with E-state index >= 15 is 0 Å². The Labute approximate surface area is 116 Å². The van der Waals surface area contributed by atoms with Crippen LogP contribution in [-0.2, 0) is 11.2 Å². The van der Waals surface area contributed by atoms with Crippen molar-refractivity contribution < 1.29 is 4.79 Å². The molecule has 2 N–H and O–H groups in total. The van der Waals surface area contributed by atoms with Crippen LogP contribution in [0.15, 0.2) is 24.3 Å². The average Bonchev–Trinajstić information content (AvgIpc) is 2.40. The molecule has 0 saturated carbocycles. The van der Waals surface area contributed by atoms with Gasteiger partial charge in [0.2, 0.25) is 5.91 Å². The second-order valence-corrected chi connectivity index (χ2v) is 5.16. The molecule has 0 aliphatic rings. The summed E-state index contributed by atoms with van der Waals surface area (Å²) in [4.78, 5) is 14.0. The molecule has 0 saturated heterocycles. The minimum Gasteiger partial charge on any atom is -0.338 e. The number of aryl methyl sites for hydroxylation is 1. The Morgan fingerprint density at radius 3 is 2.26 bits per heavy atom. The number of carbonyl (C=O) groups excluding carboxylic acids is 1. The molecule has 1 aromatic carbocycles. The summed E-state index contributed by atoms with van der Waals surface area (Å²) in [6.45, 7) is 8.68. The van der Waals surface area contributed by atoms with Crippen LogP contribution in [-0.4, -0.2) is 29.4 Å². The molecule has 0 bridgehead atoms. The van der Waals surface area contributed by atoms with Gasteiger partial charge >= 0.3 is 0 Å². The van der Waals surface area contributed by atoms with E-state index in [9.17, 15) is 4.79 Å². The van der Waals surface area contributed by atoms with E-state index in [0.29, 0.717) is 6.54 Å². The fourth-order valence-electron chi connectivity index (χ4n) is 2.33.